The van der Waals surface area contributed by atoms with Crippen molar-refractivity contribution in [3.05, 3.63) is 23.3 Å². The Morgan fingerprint density at radius 2 is 1.43 bits per heavy atom. The fourth-order valence-corrected chi connectivity index (χ4v) is 2.44. The molecule has 0 bridgehead atoms. The van der Waals surface area contributed by atoms with Crippen LogP contribution in [-0.4, -0.2) is 24.9 Å². The van der Waals surface area contributed by atoms with E-state index in [1.165, 1.54) is 0 Å². The fraction of sp³-hybridized carbons (Fsp3) is 0.600. The van der Waals surface area contributed by atoms with Gasteiger partial charge in [0.15, 0.2) is 0 Å². The molecule has 2 rings (SSSR count). The standard InChI is InChI=1S/C15H21BF2O3/c1-9-7-11(19-13(17)18)8-10(2)12(9)16-20-14(3,4)15(5,6)21-16/h7-8,13H,1-6H3. The molecule has 0 unspecified atom stereocenters. The zero-order valence-electron chi connectivity index (χ0n) is 13.3. The maximum Gasteiger partial charge on any atom is 0.495 e. The number of benzene rings is 1. The molecular formula is C15H21BF2O3. The van der Waals surface area contributed by atoms with Gasteiger partial charge in [-0.3, -0.25) is 0 Å². The van der Waals surface area contributed by atoms with Crippen molar-refractivity contribution in [3.63, 3.8) is 0 Å². The molecule has 21 heavy (non-hydrogen) atoms. The number of rotatable bonds is 3. The van der Waals surface area contributed by atoms with Gasteiger partial charge < -0.3 is 14.0 Å². The maximum absolute atomic E-state index is 12.3. The topological polar surface area (TPSA) is 27.7 Å². The first-order valence-electron chi connectivity index (χ1n) is 6.95. The second-order valence-corrected chi connectivity index (χ2v) is 6.44. The highest BCUT2D eigenvalue weighted by molar-refractivity contribution is 6.63. The lowest BCUT2D eigenvalue weighted by atomic mass is 9.73. The van der Waals surface area contributed by atoms with Crippen molar-refractivity contribution in [2.24, 2.45) is 0 Å². The molecule has 1 aliphatic heterocycles. The number of ether oxygens (including phenoxy) is 1. The van der Waals surface area contributed by atoms with Crippen LogP contribution in [0, 0.1) is 13.8 Å². The van der Waals surface area contributed by atoms with Crippen molar-refractivity contribution in [2.75, 3.05) is 0 Å². The summed E-state index contributed by atoms with van der Waals surface area (Å²) in [6, 6.07) is 3.17. The molecule has 1 saturated heterocycles. The smallest absolute Gasteiger partial charge is 0.435 e. The lowest BCUT2D eigenvalue weighted by molar-refractivity contribution is -0.0498. The molecule has 0 spiro atoms. The molecule has 1 heterocycles. The van der Waals surface area contributed by atoms with E-state index in [-0.39, 0.29) is 5.75 Å². The molecule has 0 aliphatic carbocycles. The number of halogens is 2. The molecule has 3 nitrogen and oxygen atoms in total. The zero-order valence-corrected chi connectivity index (χ0v) is 13.3. The van der Waals surface area contributed by atoms with Crippen LogP contribution < -0.4 is 10.2 Å². The Balaban J connectivity index is 2.34. The van der Waals surface area contributed by atoms with Crippen molar-refractivity contribution in [2.45, 2.75) is 59.4 Å². The normalized spacial score (nSPS) is 20.1. The first-order valence-corrected chi connectivity index (χ1v) is 6.95. The molecule has 1 fully saturated rings. The number of hydrogen-bond donors (Lipinski definition) is 0. The Kier molecular flexibility index (Phi) is 4.06. The lowest BCUT2D eigenvalue weighted by Crippen LogP contribution is -2.41. The van der Waals surface area contributed by atoms with Crippen LogP contribution in [0.4, 0.5) is 8.78 Å². The predicted molar refractivity (Wildman–Crippen MR) is 78.3 cm³/mol. The van der Waals surface area contributed by atoms with E-state index in [1.807, 2.05) is 41.5 Å². The highest BCUT2D eigenvalue weighted by atomic mass is 19.3. The van der Waals surface area contributed by atoms with E-state index >= 15 is 0 Å². The third-order valence-electron chi connectivity index (χ3n) is 4.28. The molecule has 116 valence electrons. The third-order valence-corrected chi connectivity index (χ3v) is 4.28. The van der Waals surface area contributed by atoms with E-state index in [0.29, 0.717) is 0 Å². The highest BCUT2D eigenvalue weighted by Crippen LogP contribution is 2.37. The quantitative estimate of drug-likeness (QED) is 0.802. The Bertz CT molecular complexity index is 505. The summed E-state index contributed by atoms with van der Waals surface area (Å²) < 4.78 is 41.1. The summed E-state index contributed by atoms with van der Waals surface area (Å²) in [5, 5.41) is 0. The summed E-state index contributed by atoms with van der Waals surface area (Å²) >= 11 is 0. The van der Waals surface area contributed by atoms with Crippen molar-refractivity contribution in [1.82, 2.24) is 0 Å². The van der Waals surface area contributed by atoms with Crippen LogP contribution in [0.3, 0.4) is 0 Å². The van der Waals surface area contributed by atoms with E-state index in [4.69, 9.17) is 9.31 Å². The zero-order chi connectivity index (χ0) is 16.0. The first-order chi connectivity index (χ1) is 9.53. The van der Waals surface area contributed by atoms with Crippen molar-refractivity contribution in [1.29, 1.82) is 0 Å². The van der Waals surface area contributed by atoms with Gasteiger partial charge in [-0.05, 0) is 70.3 Å². The van der Waals surface area contributed by atoms with Crippen LogP contribution in [0.25, 0.3) is 0 Å². The number of hydrogen-bond acceptors (Lipinski definition) is 3. The van der Waals surface area contributed by atoms with E-state index in [1.54, 1.807) is 12.1 Å². The monoisotopic (exact) mass is 298 g/mol. The molecule has 0 atom stereocenters. The van der Waals surface area contributed by atoms with Crippen molar-refractivity contribution >= 4 is 12.6 Å². The average Bonchev–Trinajstić information content (AvgIpc) is 2.44. The van der Waals surface area contributed by atoms with Crippen LogP contribution in [0.2, 0.25) is 0 Å². The molecule has 0 amide bonds. The van der Waals surface area contributed by atoms with Gasteiger partial charge >= 0.3 is 13.7 Å². The maximum atomic E-state index is 12.3. The van der Waals surface area contributed by atoms with Gasteiger partial charge in [0, 0.05) is 0 Å². The first kappa shape index (κ1) is 16.2. The van der Waals surface area contributed by atoms with Gasteiger partial charge in [-0.2, -0.15) is 8.78 Å². The number of aryl methyl sites for hydroxylation is 2. The largest absolute Gasteiger partial charge is 0.495 e. The van der Waals surface area contributed by atoms with Gasteiger partial charge in [0.25, 0.3) is 0 Å². The molecule has 0 N–H and O–H groups in total. The Labute approximate surface area is 124 Å². The van der Waals surface area contributed by atoms with Crippen molar-refractivity contribution < 1.29 is 22.8 Å². The summed E-state index contributed by atoms with van der Waals surface area (Å²) in [6.07, 6.45) is 0. The molecule has 0 radical (unpaired) electrons. The summed E-state index contributed by atoms with van der Waals surface area (Å²) in [4.78, 5) is 0. The van der Waals surface area contributed by atoms with Gasteiger partial charge in [0.1, 0.15) is 5.75 Å². The second-order valence-electron chi connectivity index (χ2n) is 6.44. The minimum absolute atomic E-state index is 0.153. The molecular weight excluding hydrogens is 277 g/mol. The van der Waals surface area contributed by atoms with E-state index in [9.17, 15) is 8.78 Å². The molecule has 0 aromatic heterocycles. The minimum atomic E-state index is -2.83. The predicted octanol–water partition coefficient (Wildman–Crippen LogP) is 3.20. The Hall–Kier alpha value is -1.14. The van der Waals surface area contributed by atoms with Gasteiger partial charge in [-0.25, -0.2) is 0 Å². The average molecular weight is 298 g/mol. The molecule has 0 saturated carbocycles. The summed E-state index contributed by atoms with van der Waals surface area (Å²) in [7, 11) is -0.504. The Morgan fingerprint density at radius 3 is 1.81 bits per heavy atom. The van der Waals surface area contributed by atoms with Crippen LogP contribution in [0.15, 0.2) is 12.1 Å². The molecule has 6 heteroatoms. The summed E-state index contributed by atoms with van der Waals surface area (Å²) in [5.41, 5.74) is 1.62. The van der Waals surface area contributed by atoms with E-state index in [0.717, 1.165) is 16.6 Å². The van der Waals surface area contributed by atoms with Crippen LogP contribution in [-0.2, 0) is 9.31 Å². The Morgan fingerprint density at radius 1 is 1.00 bits per heavy atom. The summed E-state index contributed by atoms with van der Waals surface area (Å²) in [6.45, 7) is 8.76. The van der Waals surface area contributed by atoms with Gasteiger partial charge in [-0.15, -0.1) is 0 Å². The van der Waals surface area contributed by atoms with Crippen LogP contribution >= 0.6 is 0 Å². The van der Waals surface area contributed by atoms with E-state index in [2.05, 4.69) is 4.74 Å². The third kappa shape index (κ3) is 3.06. The molecule has 1 aromatic rings. The minimum Gasteiger partial charge on any atom is -0.435 e. The molecule has 1 aromatic carbocycles. The number of alkyl halides is 2. The summed E-state index contributed by atoms with van der Waals surface area (Å²) in [5.74, 6) is 0.153. The molecule has 1 aliphatic rings. The van der Waals surface area contributed by atoms with Crippen LogP contribution in [0.1, 0.15) is 38.8 Å². The van der Waals surface area contributed by atoms with Crippen LogP contribution in [0.5, 0.6) is 5.75 Å². The van der Waals surface area contributed by atoms with E-state index < -0.39 is 24.9 Å². The van der Waals surface area contributed by atoms with Crippen molar-refractivity contribution in [3.8, 4) is 5.75 Å². The SMILES string of the molecule is Cc1cc(OC(F)F)cc(C)c1B1OC(C)(C)C(C)(C)O1. The van der Waals surface area contributed by atoms with Gasteiger partial charge in [-0.1, -0.05) is 0 Å². The lowest BCUT2D eigenvalue weighted by Gasteiger charge is -2.32. The second kappa shape index (κ2) is 5.25. The van der Waals surface area contributed by atoms with Gasteiger partial charge in [0.2, 0.25) is 0 Å². The fourth-order valence-electron chi connectivity index (χ4n) is 2.44. The van der Waals surface area contributed by atoms with Gasteiger partial charge in [0.05, 0.1) is 11.2 Å². The highest BCUT2D eigenvalue weighted by Gasteiger charge is 2.52.